The predicted octanol–water partition coefficient (Wildman–Crippen LogP) is 0.567. The van der Waals surface area contributed by atoms with Crippen molar-refractivity contribution < 1.29 is 63.7 Å². The number of quaternary nitrogens is 1. The maximum Gasteiger partial charge on any atom is 0.511 e. The normalized spacial score (nSPS) is 28.5. The van der Waals surface area contributed by atoms with Crippen molar-refractivity contribution >= 4 is 59.0 Å². The first-order chi connectivity index (χ1) is 32.9. The standard InChI is InChI=1S/C48H70N8O12S/c1-27-20-33-41(51-16-9-15-50-39(59)12-8-17-56-40(60)24-38(46(56)64)69-26-32-14-19-55-18-13-31(25-57)52-48(55)53-32)35(58)23-34(43(33)62)54-45(63)28(2)10-7-11-36(66-5)44(68-47(49)65)30(4)22-29(3)42(61)37(21-27)67-6/h7,10-11,22-23,27,29,31-32,36-38,42,44,51,57,61H,8-9,12-21,24-26H2,1-6H3,(H2,49,65)(H,50,59)(H,52,53)(H,54,63)/p+1. The molecule has 0 aromatic rings. The van der Waals surface area contributed by atoms with E-state index in [0.29, 0.717) is 24.2 Å². The summed E-state index contributed by atoms with van der Waals surface area (Å²) in [5, 5.41) is 32.5. The fourth-order valence-corrected chi connectivity index (χ4v) is 10.2. The monoisotopic (exact) mass is 983 g/mol. The van der Waals surface area contributed by atoms with Crippen LogP contribution in [0.15, 0.2) is 63.5 Å². The van der Waals surface area contributed by atoms with Gasteiger partial charge in [0.1, 0.15) is 6.10 Å². The van der Waals surface area contributed by atoms with Gasteiger partial charge in [-0.2, -0.15) is 4.79 Å². The Labute approximate surface area is 408 Å². The molecule has 4 heterocycles. The van der Waals surface area contributed by atoms with Crippen LogP contribution in [-0.2, 0) is 43.0 Å². The van der Waals surface area contributed by atoms with E-state index in [2.05, 4.69) is 36.9 Å². The fourth-order valence-electron chi connectivity index (χ4n) is 8.96. The number of ether oxygens (including phenoxy) is 3. The molecular weight excluding hydrogens is 913 g/mol. The van der Waals surface area contributed by atoms with Gasteiger partial charge in [-0.05, 0) is 63.9 Å². The predicted molar refractivity (Wildman–Crippen MR) is 257 cm³/mol. The van der Waals surface area contributed by atoms with Crippen molar-refractivity contribution in [3.8, 4) is 0 Å². The van der Waals surface area contributed by atoms with Crippen LogP contribution in [0.5, 0.6) is 0 Å². The number of methoxy groups -OCH3 is 2. The number of nitrogens with one attached hydrogen (secondary N) is 4. The molecule has 2 bridgehead atoms. The van der Waals surface area contributed by atoms with Crippen LogP contribution in [0, 0.1) is 11.8 Å². The van der Waals surface area contributed by atoms with Crippen LogP contribution in [-0.4, -0.2) is 168 Å². The van der Waals surface area contributed by atoms with E-state index >= 15 is 0 Å². The highest BCUT2D eigenvalue weighted by molar-refractivity contribution is 8.00. The summed E-state index contributed by atoms with van der Waals surface area (Å²) >= 11 is 1.46. The van der Waals surface area contributed by atoms with Gasteiger partial charge in [0.2, 0.25) is 29.3 Å². The average Bonchev–Trinajstić information content (AvgIpc) is 3.59. The third-order valence-corrected chi connectivity index (χ3v) is 14.3. The van der Waals surface area contributed by atoms with Gasteiger partial charge in [0, 0.05) is 94.7 Å². The summed E-state index contributed by atoms with van der Waals surface area (Å²) in [4.78, 5) is 99.9. The number of guanidine groups is 1. The number of hydrogen-bond acceptors (Lipinski definition) is 17. The second kappa shape index (κ2) is 26.1. The Balaban J connectivity index is 1.15. The third kappa shape index (κ3) is 15.2. The first kappa shape index (κ1) is 54.7. The lowest BCUT2D eigenvalue weighted by molar-refractivity contribution is -0.288. The molecule has 9 N–H and O–H groups in total. The molecule has 9 unspecified atom stereocenters. The number of amides is 5. The number of allylic oxidation sites excluding steroid dienone is 4. The average molecular weight is 984 g/mol. The number of thioether (sulfide) groups is 1. The van der Waals surface area contributed by atoms with E-state index in [4.69, 9.17) is 14.2 Å². The highest BCUT2D eigenvalue weighted by atomic mass is 32.2. The van der Waals surface area contributed by atoms with Crippen LogP contribution < -0.4 is 27.0 Å². The highest BCUT2D eigenvalue weighted by Gasteiger charge is 2.40. The first-order valence-electron chi connectivity index (χ1n) is 23.8. The molecule has 0 spiro atoms. The fraction of sp³-hybridized carbons (Fsp3) is 0.625. The number of aliphatic hydroxyl groups excluding tert-OH is 2. The van der Waals surface area contributed by atoms with Crippen LogP contribution in [0.4, 0.5) is 4.79 Å². The van der Waals surface area contributed by atoms with Crippen molar-refractivity contribution in [2.24, 2.45) is 16.8 Å². The van der Waals surface area contributed by atoms with Crippen LogP contribution in [0.1, 0.15) is 79.1 Å². The van der Waals surface area contributed by atoms with Crippen molar-refractivity contribution in [2.45, 2.75) is 121 Å². The number of Topliss-reactive ketones (excluding diaryl/α,β-unsaturated/α-hetero) is 1. The number of nitrogens with zero attached hydrogens (tertiary/aromatic N) is 3. The topological polar surface area (TPSA) is 282 Å². The molecule has 2 fully saturated rings. The number of aliphatic hydroxyl groups is 2. The Hall–Kier alpha value is -5.19. The molecule has 69 heavy (non-hydrogen) atoms. The van der Waals surface area contributed by atoms with Gasteiger partial charge in [-0.15, -0.1) is 11.8 Å². The van der Waals surface area contributed by atoms with Crippen LogP contribution >= 0.6 is 11.8 Å². The lowest BCUT2D eigenvalue weighted by Crippen LogP contribution is -2.59. The molecule has 0 saturated carbocycles. The quantitative estimate of drug-likeness (QED) is 0.0482. The van der Waals surface area contributed by atoms with Gasteiger partial charge in [0.05, 0.1) is 41.5 Å². The number of aliphatic imine (C=N–C) groups is 1. The van der Waals surface area contributed by atoms with Gasteiger partial charge in [0.15, 0.2) is 12.1 Å². The Morgan fingerprint density at radius 2 is 1.78 bits per heavy atom. The minimum Gasteiger partial charge on any atom is -0.409 e. The summed E-state index contributed by atoms with van der Waals surface area (Å²) in [6, 6.07) is -0.0166. The summed E-state index contributed by atoms with van der Waals surface area (Å²) in [6.45, 7) is 9.23. The number of rotatable bonds is 16. The lowest BCUT2D eigenvalue weighted by atomic mass is 9.85. The third-order valence-electron chi connectivity index (χ3n) is 12.9. The van der Waals surface area contributed by atoms with E-state index in [1.54, 1.807) is 32.1 Å². The zero-order valence-corrected chi connectivity index (χ0v) is 41.4. The summed E-state index contributed by atoms with van der Waals surface area (Å²) in [7, 11) is 2.91. The number of imide groups is 1. The summed E-state index contributed by atoms with van der Waals surface area (Å²) in [6.07, 6.45) is 6.27. The second-order valence-electron chi connectivity index (χ2n) is 18.3. The van der Waals surface area contributed by atoms with Gasteiger partial charge in [-0.1, -0.05) is 38.2 Å². The van der Waals surface area contributed by atoms with Gasteiger partial charge in [0.25, 0.3) is 5.91 Å². The number of likely N-dealkylation sites (tertiary alicyclic amines) is 1. The highest BCUT2D eigenvalue weighted by Crippen LogP contribution is 2.30. The van der Waals surface area contributed by atoms with E-state index in [0.717, 1.165) is 38.0 Å². The van der Waals surface area contributed by atoms with Crippen molar-refractivity contribution in [3.05, 3.63) is 58.5 Å². The summed E-state index contributed by atoms with van der Waals surface area (Å²) in [5.41, 5.74) is 4.18. The maximum atomic E-state index is 14.1. The second-order valence-corrected chi connectivity index (χ2v) is 19.6. The zero-order chi connectivity index (χ0) is 50.4. The SMILES string of the molecule is COC1C=CC=C(C)C(=O)NC2=CC(=O)C(NCCCNC(=O)CCCN3C(=O)CC(SCC4CCN5CCC(CO)N=C5N4)C3=O)=C(CC(C)CC(OC)C(O)C(C)C=C(C)C1OC([NH3+])=O)C2=O. The maximum absolute atomic E-state index is 14.1. The largest absolute Gasteiger partial charge is 0.511 e. The molecule has 1 aliphatic carbocycles. The Morgan fingerprint density at radius 3 is 2.49 bits per heavy atom. The molecule has 0 radical (unpaired) electrons. The minimum absolute atomic E-state index is 0.00593. The Bertz CT molecular complexity index is 2120. The minimum atomic E-state index is -1.02. The molecule has 380 valence electrons. The molecule has 20 nitrogen and oxygen atoms in total. The van der Waals surface area contributed by atoms with Gasteiger partial charge in [-0.25, -0.2) is 4.99 Å². The molecule has 4 aliphatic heterocycles. The molecule has 5 aliphatic rings. The van der Waals surface area contributed by atoms with E-state index in [1.807, 2.05) is 6.92 Å². The van der Waals surface area contributed by atoms with Crippen molar-refractivity contribution in [1.82, 2.24) is 31.1 Å². The molecular formula is C48H71N8O12S+. The van der Waals surface area contributed by atoms with Crippen LogP contribution in [0.25, 0.3) is 0 Å². The van der Waals surface area contributed by atoms with Crippen molar-refractivity contribution in [2.75, 3.05) is 59.3 Å². The van der Waals surface area contributed by atoms with E-state index in [1.165, 1.54) is 43.9 Å². The Morgan fingerprint density at radius 1 is 1.03 bits per heavy atom. The lowest BCUT2D eigenvalue weighted by Gasteiger charge is -2.39. The number of carbonyl (C=O) groups excluding carboxylic acids is 7. The van der Waals surface area contributed by atoms with Gasteiger partial charge < -0.3 is 50.6 Å². The van der Waals surface area contributed by atoms with E-state index in [-0.39, 0.29) is 110 Å². The zero-order valence-electron chi connectivity index (χ0n) is 40.6. The molecule has 2 saturated heterocycles. The number of carbonyl (C=O) groups is 7. The number of hydrogen-bond donors (Lipinski definition) is 7. The van der Waals surface area contributed by atoms with Crippen molar-refractivity contribution in [3.63, 3.8) is 0 Å². The summed E-state index contributed by atoms with van der Waals surface area (Å²) < 4.78 is 16.9. The Kier molecular flexibility index (Phi) is 20.7. The van der Waals surface area contributed by atoms with E-state index in [9.17, 15) is 43.8 Å². The van der Waals surface area contributed by atoms with Crippen LogP contribution in [0.3, 0.4) is 0 Å². The van der Waals surface area contributed by atoms with Gasteiger partial charge >= 0.3 is 6.09 Å². The number of ketones is 2. The molecule has 5 rings (SSSR count). The van der Waals surface area contributed by atoms with E-state index < -0.39 is 59.2 Å². The molecule has 5 amide bonds. The summed E-state index contributed by atoms with van der Waals surface area (Å²) in [5.74, 6) is -1.82. The van der Waals surface area contributed by atoms with Crippen LogP contribution in [0.2, 0.25) is 0 Å². The van der Waals surface area contributed by atoms with Gasteiger partial charge in [-0.3, -0.25) is 39.4 Å². The van der Waals surface area contributed by atoms with Crippen molar-refractivity contribution in [1.29, 1.82) is 0 Å². The molecule has 21 heteroatoms. The molecule has 9 atom stereocenters. The number of fused-ring (bicyclic) bond motifs is 3. The first-order valence-corrected chi connectivity index (χ1v) is 24.8. The molecule has 0 aromatic carbocycles. The molecule has 0 aromatic heterocycles. The smallest absolute Gasteiger partial charge is 0.409 e.